The van der Waals surface area contributed by atoms with Crippen molar-refractivity contribution >= 4 is 18.0 Å². The molecule has 7 nitrogen and oxygen atoms in total. The first kappa shape index (κ1) is 17.6. The van der Waals surface area contributed by atoms with Gasteiger partial charge in [0.2, 0.25) is 0 Å². The zero-order valence-electron chi connectivity index (χ0n) is 15.5. The molecule has 2 saturated heterocycles. The molecule has 26 heavy (non-hydrogen) atoms. The molecule has 0 aromatic rings. The Morgan fingerprint density at radius 2 is 1.54 bits per heavy atom. The fourth-order valence-electron chi connectivity index (χ4n) is 4.99. The highest BCUT2D eigenvalue weighted by Gasteiger charge is 2.50. The van der Waals surface area contributed by atoms with Crippen LogP contribution in [0.3, 0.4) is 0 Å². The molecule has 4 fully saturated rings. The molecule has 2 aliphatic carbocycles. The van der Waals surface area contributed by atoms with Crippen LogP contribution in [0.1, 0.15) is 64.2 Å². The van der Waals surface area contributed by atoms with E-state index in [4.69, 9.17) is 0 Å². The van der Waals surface area contributed by atoms with Crippen molar-refractivity contribution in [2.45, 2.75) is 82.3 Å². The maximum absolute atomic E-state index is 12.9. The minimum atomic E-state index is -0.490. The van der Waals surface area contributed by atoms with Crippen LogP contribution in [0, 0.1) is 0 Å². The van der Waals surface area contributed by atoms with Crippen LogP contribution in [-0.2, 0) is 4.79 Å². The summed E-state index contributed by atoms with van der Waals surface area (Å²) in [6.45, 7) is 1.29. The summed E-state index contributed by atoms with van der Waals surface area (Å²) in [6, 6.07) is -0.393. The summed E-state index contributed by atoms with van der Waals surface area (Å²) in [7, 11) is 0. The Morgan fingerprint density at radius 3 is 2.23 bits per heavy atom. The Balaban J connectivity index is 1.39. The molecule has 1 atom stereocenters. The second-order valence-electron chi connectivity index (χ2n) is 8.22. The number of rotatable bonds is 2. The topological polar surface area (TPSA) is 73.0 Å². The van der Waals surface area contributed by atoms with E-state index in [9.17, 15) is 14.4 Å². The monoisotopic (exact) mass is 362 g/mol. The number of urea groups is 2. The Labute approximate surface area is 155 Å². The molecule has 2 aliphatic heterocycles. The molecule has 0 aromatic carbocycles. The Hall–Kier alpha value is -1.79. The smallest absolute Gasteiger partial charge is 0.327 e. The molecule has 0 aromatic heterocycles. The van der Waals surface area contributed by atoms with Crippen LogP contribution in [0.15, 0.2) is 0 Å². The van der Waals surface area contributed by atoms with Gasteiger partial charge < -0.3 is 15.1 Å². The van der Waals surface area contributed by atoms with E-state index in [1.165, 1.54) is 30.6 Å². The van der Waals surface area contributed by atoms with Crippen LogP contribution in [-0.4, -0.2) is 70.4 Å². The van der Waals surface area contributed by atoms with Crippen molar-refractivity contribution in [1.82, 2.24) is 20.0 Å². The lowest BCUT2D eigenvalue weighted by atomic mass is 9.94. The zero-order valence-corrected chi connectivity index (χ0v) is 15.5. The number of amides is 5. The summed E-state index contributed by atoms with van der Waals surface area (Å²) in [4.78, 5) is 43.2. The van der Waals surface area contributed by atoms with E-state index in [0.717, 1.165) is 38.5 Å². The normalized spacial score (nSPS) is 28.5. The number of hydrogen-bond donors (Lipinski definition) is 1. The van der Waals surface area contributed by atoms with Gasteiger partial charge in [0.15, 0.2) is 0 Å². The van der Waals surface area contributed by atoms with E-state index in [0.29, 0.717) is 19.6 Å². The molecule has 1 N–H and O–H groups in total. The van der Waals surface area contributed by atoms with Crippen molar-refractivity contribution in [1.29, 1.82) is 0 Å². The number of nitrogens with one attached hydrogen (secondary N) is 1. The van der Waals surface area contributed by atoms with E-state index in [1.807, 2.05) is 0 Å². The number of imide groups is 1. The number of hydrogen-bond acceptors (Lipinski definition) is 3. The van der Waals surface area contributed by atoms with Gasteiger partial charge in [-0.15, -0.1) is 0 Å². The lowest BCUT2D eigenvalue weighted by Crippen LogP contribution is -2.57. The fourth-order valence-corrected chi connectivity index (χ4v) is 4.99. The summed E-state index contributed by atoms with van der Waals surface area (Å²) in [5, 5.41) is 3.13. The lowest BCUT2D eigenvalue weighted by Gasteiger charge is -2.36. The highest BCUT2D eigenvalue weighted by atomic mass is 16.2. The zero-order chi connectivity index (χ0) is 18.1. The summed E-state index contributed by atoms with van der Waals surface area (Å²) in [5.74, 6) is -0.0999. The molecule has 0 bridgehead atoms. The average molecular weight is 362 g/mol. The van der Waals surface area contributed by atoms with Crippen molar-refractivity contribution in [3.8, 4) is 0 Å². The van der Waals surface area contributed by atoms with Gasteiger partial charge in [0.25, 0.3) is 5.91 Å². The number of carbonyl (C=O) groups is 3. The van der Waals surface area contributed by atoms with Crippen LogP contribution >= 0.6 is 0 Å². The van der Waals surface area contributed by atoms with E-state index in [2.05, 4.69) is 5.32 Å². The molecule has 0 spiro atoms. The predicted octanol–water partition coefficient (Wildman–Crippen LogP) is 2.31. The third-order valence-electron chi connectivity index (χ3n) is 6.51. The van der Waals surface area contributed by atoms with E-state index >= 15 is 0 Å². The summed E-state index contributed by atoms with van der Waals surface area (Å²) in [6.07, 6.45) is 10.9. The maximum atomic E-state index is 12.9. The molecule has 2 heterocycles. The second kappa shape index (κ2) is 7.45. The first-order chi connectivity index (χ1) is 12.6. The molecule has 4 aliphatic rings. The maximum Gasteiger partial charge on any atom is 0.327 e. The summed E-state index contributed by atoms with van der Waals surface area (Å²) < 4.78 is 0. The van der Waals surface area contributed by atoms with Crippen molar-refractivity contribution in [3.05, 3.63) is 0 Å². The SMILES string of the molecule is O=C(NC1CCCCC1)N1CCN2C(=O)N(C3CCCCC3)C(=O)C2C1. The number of nitrogens with zero attached hydrogens (tertiary/aromatic N) is 3. The van der Waals surface area contributed by atoms with Gasteiger partial charge in [-0.3, -0.25) is 9.69 Å². The third kappa shape index (κ3) is 3.28. The molecule has 5 amide bonds. The third-order valence-corrected chi connectivity index (χ3v) is 6.51. The Morgan fingerprint density at radius 1 is 0.885 bits per heavy atom. The lowest BCUT2D eigenvalue weighted by molar-refractivity contribution is -0.131. The second-order valence-corrected chi connectivity index (χ2v) is 8.22. The molecule has 2 saturated carbocycles. The number of piperazine rings is 1. The highest BCUT2D eigenvalue weighted by Crippen LogP contribution is 2.30. The summed E-state index contributed by atoms with van der Waals surface area (Å²) >= 11 is 0. The van der Waals surface area contributed by atoms with Crippen molar-refractivity contribution in [2.75, 3.05) is 19.6 Å². The van der Waals surface area contributed by atoms with Crippen molar-refractivity contribution in [3.63, 3.8) is 0 Å². The Kier molecular flexibility index (Phi) is 5.05. The van der Waals surface area contributed by atoms with Gasteiger partial charge in [-0.1, -0.05) is 38.5 Å². The molecule has 7 heteroatoms. The first-order valence-corrected chi connectivity index (χ1v) is 10.3. The molecular weight excluding hydrogens is 332 g/mol. The van der Waals surface area contributed by atoms with Crippen molar-refractivity contribution in [2.24, 2.45) is 0 Å². The van der Waals surface area contributed by atoms with Crippen LogP contribution < -0.4 is 5.32 Å². The number of carbonyl (C=O) groups excluding carboxylic acids is 3. The Bertz CT molecular complexity index is 569. The van der Waals surface area contributed by atoms with Crippen LogP contribution in [0.4, 0.5) is 9.59 Å². The quantitative estimate of drug-likeness (QED) is 0.766. The van der Waals surface area contributed by atoms with E-state index in [-0.39, 0.29) is 30.1 Å². The molecule has 1 unspecified atom stereocenters. The highest BCUT2D eigenvalue weighted by molar-refractivity contribution is 6.05. The van der Waals surface area contributed by atoms with Gasteiger partial charge >= 0.3 is 12.1 Å². The van der Waals surface area contributed by atoms with Crippen LogP contribution in [0.25, 0.3) is 0 Å². The van der Waals surface area contributed by atoms with Gasteiger partial charge in [0.05, 0.1) is 6.54 Å². The largest absolute Gasteiger partial charge is 0.335 e. The minimum absolute atomic E-state index is 0.0545. The first-order valence-electron chi connectivity index (χ1n) is 10.3. The average Bonchev–Trinajstić information content (AvgIpc) is 2.93. The van der Waals surface area contributed by atoms with E-state index < -0.39 is 6.04 Å². The molecule has 0 radical (unpaired) electrons. The number of fused-ring (bicyclic) bond motifs is 1. The molecule has 4 rings (SSSR count). The van der Waals surface area contributed by atoms with Gasteiger partial charge in [-0.25, -0.2) is 9.59 Å². The van der Waals surface area contributed by atoms with Crippen LogP contribution in [0.2, 0.25) is 0 Å². The minimum Gasteiger partial charge on any atom is -0.335 e. The van der Waals surface area contributed by atoms with Crippen LogP contribution in [0.5, 0.6) is 0 Å². The fraction of sp³-hybridized carbons (Fsp3) is 0.842. The van der Waals surface area contributed by atoms with Crippen molar-refractivity contribution < 1.29 is 14.4 Å². The summed E-state index contributed by atoms with van der Waals surface area (Å²) in [5.41, 5.74) is 0. The van der Waals surface area contributed by atoms with Gasteiger partial charge in [-0.2, -0.15) is 0 Å². The molecule has 144 valence electrons. The van der Waals surface area contributed by atoms with Gasteiger partial charge in [0.1, 0.15) is 6.04 Å². The van der Waals surface area contributed by atoms with Gasteiger partial charge in [0, 0.05) is 25.2 Å². The predicted molar refractivity (Wildman–Crippen MR) is 96.6 cm³/mol. The standard InChI is InChI=1S/C19H30N4O3/c24-17-16-13-21(18(25)20-14-7-3-1-4-8-14)11-12-22(16)19(26)23(17)15-9-5-2-6-10-15/h14-16H,1-13H2,(H,20,25). The van der Waals surface area contributed by atoms with Gasteiger partial charge in [-0.05, 0) is 25.7 Å². The molecular formula is C19H30N4O3. The van der Waals surface area contributed by atoms with E-state index in [1.54, 1.807) is 9.80 Å².